The molecule has 2 aromatic rings. The number of likely N-dealkylation sites (tertiary alicyclic amines) is 1. The number of nitrogens with zero attached hydrogens (tertiary/aromatic N) is 3. The number of hydrogen-bond acceptors (Lipinski definition) is 6. The molecule has 0 aliphatic carbocycles. The Morgan fingerprint density at radius 1 is 1.09 bits per heavy atom. The SMILES string of the molecule is Nc1ccc(-c2nnc(NCCCN3CCCCC3)o2)cc1. The molecule has 0 saturated carbocycles. The van der Waals surface area contributed by atoms with Crippen LogP contribution in [0.15, 0.2) is 28.7 Å². The van der Waals surface area contributed by atoms with Gasteiger partial charge < -0.3 is 20.4 Å². The van der Waals surface area contributed by atoms with Gasteiger partial charge in [0, 0.05) is 17.8 Å². The lowest BCUT2D eigenvalue weighted by Crippen LogP contribution is -2.31. The Bertz CT molecular complexity index is 574. The molecular weight excluding hydrogens is 278 g/mol. The molecule has 1 aromatic carbocycles. The number of benzene rings is 1. The number of hydrogen-bond donors (Lipinski definition) is 2. The fraction of sp³-hybridized carbons (Fsp3) is 0.500. The molecule has 1 saturated heterocycles. The van der Waals surface area contributed by atoms with Crippen molar-refractivity contribution in [3.05, 3.63) is 24.3 Å². The van der Waals surface area contributed by atoms with Crippen molar-refractivity contribution in [1.82, 2.24) is 15.1 Å². The zero-order valence-corrected chi connectivity index (χ0v) is 12.8. The van der Waals surface area contributed by atoms with Crippen molar-refractivity contribution in [2.24, 2.45) is 0 Å². The highest BCUT2D eigenvalue weighted by molar-refractivity contribution is 5.57. The molecule has 0 atom stereocenters. The normalized spacial score (nSPS) is 15.8. The molecule has 6 nitrogen and oxygen atoms in total. The van der Waals surface area contributed by atoms with Gasteiger partial charge in [-0.1, -0.05) is 11.5 Å². The highest BCUT2D eigenvalue weighted by atomic mass is 16.4. The summed E-state index contributed by atoms with van der Waals surface area (Å²) in [6.45, 7) is 4.45. The molecule has 0 bridgehead atoms. The number of nitrogen functional groups attached to an aromatic ring is 1. The maximum absolute atomic E-state index is 5.67. The van der Waals surface area contributed by atoms with Gasteiger partial charge in [0.05, 0.1) is 0 Å². The minimum Gasteiger partial charge on any atom is -0.403 e. The number of rotatable bonds is 6. The maximum Gasteiger partial charge on any atom is 0.315 e. The summed E-state index contributed by atoms with van der Waals surface area (Å²) in [4.78, 5) is 2.53. The van der Waals surface area contributed by atoms with E-state index in [1.807, 2.05) is 24.3 Å². The molecule has 22 heavy (non-hydrogen) atoms. The van der Waals surface area contributed by atoms with Crippen LogP contribution in [0.25, 0.3) is 11.5 Å². The Balaban J connectivity index is 1.44. The van der Waals surface area contributed by atoms with Crippen molar-refractivity contribution >= 4 is 11.7 Å². The molecule has 6 heteroatoms. The average Bonchev–Trinajstić information content (AvgIpc) is 3.02. The fourth-order valence-electron chi connectivity index (χ4n) is 2.72. The lowest BCUT2D eigenvalue weighted by molar-refractivity contribution is 0.228. The van der Waals surface area contributed by atoms with Crippen LogP contribution in [0, 0.1) is 0 Å². The zero-order valence-electron chi connectivity index (χ0n) is 12.8. The first-order valence-corrected chi connectivity index (χ1v) is 7.97. The Labute approximate surface area is 130 Å². The summed E-state index contributed by atoms with van der Waals surface area (Å²) in [5.74, 6) is 0.513. The third-order valence-electron chi connectivity index (χ3n) is 3.96. The van der Waals surface area contributed by atoms with Gasteiger partial charge in [-0.2, -0.15) is 0 Å². The third kappa shape index (κ3) is 3.98. The van der Waals surface area contributed by atoms with Gasteiger partial charge in [0.1, 0.15) is 0 Å². The van der Waals surface area contributed by atoms with Crippen LogP contribution < -0.4 is 11.1 Å². The first kappa shape index (κ1) is 14.8. The van der Waals surface area contributed by atoms with Gasteiger partial charge in [-0.3, -0.25) is 0 Å². The zero-order chi connectivity index (χ0) is 15.2. The van der Waals surface area contributed by atoms with Crippen LogP contribution in [-0.4, -0.2) is 41.3 Å². The van der Waals surface area contributed by atoms with Gasteiger partial charge in [-0.05, 0) is 63.2 Å². The molecule has 3 rings (SSSR count). The maximum atomic E-state index is 5.67. The number of aromatic nitrogens is 2. The van der Waals surface area contributed by atoms with Crippen LogP contribution in [0.2, 0.25) is 0 Å². The van der Waals surface area contributed by atoms with E-state index < -0.39 is 0 Å². The number of piperidine rings is 1. The lowest BCUT2D eigenvalue weighted by atomic mass is 10.1. The van der Waals surface area contributed by atoms with Crippen molar-refractivity contribution in [3.63, 3.8) is 0 Å². The molecule has 0 radical (unpaired) electrons. The first-order valence-electron chi connectivity index (χ1n) is 7.97. The highest BCUT2D eigenvalue weighted by Crippen LogP contribution is 2.20. The van der Waals surface area contributed by atoms with Gasteiger partial charge in [-0.15, -0.1) is 5.10 Å². The summed E-state index contributed by atoms with van der Waals surface area (Å²) < 4.78 is 5.61. The van der Waals surface area contributed by atoms with E-state index in [1.54, 1.807) is 0 Å². The topological polar surface area (TPSA) is 80.2 Å². The Hall–Kier alpha value is -2.08. The van der Waals surface area contributed by atoms with E-state index in [4.69, 9.17) is 10.2 Å². The minimum absolute atomic E-state index is 0.477. The summed E-state index contributed by atoms with van der Waals surface area (Å²) >= 11 is 0. The van der Waals surface area contributed by atoms with E-state index >= 15 is 0 Å². The third-order valence-corrected chi connectivity index (χ3v) is 3.96. The molecular formula is C16H23N5O. The van der Waals surface area contributed by atoms with Gasteiger partial charge in [0.15, 0.2) is 0 Å². The molecule has 3 N–H and O–H groups in total. The van der Waals surface area contributed by atoms with E-state index in [0.717, 1.165) is 30.8 Å². The molecule has 118 valence electrons. The minimum atomic E-state index is 0.477. The van der Waals surface area contributed by atoms with E-state index in [9.17, 15) is 0 Å². The molecule has 1 aliphatic heterocycles. The smallest absolute Gasteiger partial charge is 0.315 e. The number of anilines is 2. The quantitative estimate of drug-likeness (QED) is 0.630. The van der Waals surface area contributed by atoms with E-state index in [2.05, 4.69) is 20.4 Å². The van der Waals surface area contributed by atoms with Crippen LogP contribution in [0.3, 0.4) is 0 Å². The summed E-state index contributed by atoms with van der Waals surface area (Å²) in [5.41, 5.74) is 7.27. The van der Waals surface area contributed by atoms with Gasteiger partial charge in [0.25, 0.3) is 0 Å². The number of nitrogens with two attached hydrogens (primary N) is 1. The van der Waals surface area contributed by atoms with Crippen molar-refractivity contribution in [2.75, 3.05) is 37.2 Å². The largest absolute Gasteiger partial charge is 0.403 e. The van der Waals surface area contributed by atoms with Crippen molar-refractivity contribution < 1.29 is 4.42 Å². The van der Waals surface area contributed by atoms with Gasteiger partial charge in [0.2, 0.25) is 5.89 Å². The van der Waals surface area contributed by atoms with E-state index in [1.165, 1.54) is 32.4 Å². The molecule has 1 aromatic heterocycles. The summed E-state index contributed by atoms with van der Waals surface area (Å²) in [7, 11) is 0. The molecule has 0 unspecified atom stereocenters. The fourth-order valence-corrected chi connectivity index (χ4v) is 2.72. The molecule has 1 fully saturated rings. The van der Waals surface area contributed by atoms with Gasteiger partial charge in [-0.25, -0.2) is 0 Å². The monoisotopic (exact) mass is 301 g/mol. The molecule has 1 aliphatic rings. The molecule has 0 amide bonds. The summed E-state index contributed by atoms with van der Waals surface area (Å²) in [5, 5.41) is 11.3. The van der Waals surface area contributed by atoms with Crippen LogP contribution in [0.1, 0.15) is 25.7 Å². The van der Waals surface area contributed by atoms with E-state index in [-0.39, 0.29) is 0 Å². The Morgan fingerprint density at radius 3 is 2.64 bits per heavy atom. The second-order valence-electron chi connectivity index (χ2n) is 5.72. The van der Waals surface area contributed by atoms with Crippen LogP contribution in [0.4, 0.5) is 11.7 Å². The molecule has 0 spiro atoms. The van der Waals surface area contributed by atoms with Crippen LogP contribution >= 0.6 is 0 Å². The Morgan fingerprint density at radius 2 is 1.86 bits per heavy atom. The standard InChI is InChI=1S/C16H23N5O/c17-14-7-5-13(6-8-14)15-19-20-16(22-15)18-9-4-12-21-10-2-1-3-11-21/h5-8H,1-4,9-12,17H2,(H,18,20). The first-order chi connectivity index (χ1) is 10.8. The molecule has 2 heterocycles. The lowest BCUT2D eigenvalue weighted by Gasteiger charge is -2.26. The second-order valence-corrected chi connectivity index (χ2v) is 5.72. The predicted octanol–water partition coefficient (Wildman–Crippen LogP) is 2.61. The predicted molar refractivity (Wildman–Crippen MR) is 87.5 cm³/mol. The highest BCUT2D eigenvalue weighted by Gasteiger charge is 2.10. The van der Waals surface area contributed by atoms with Crippen molar-refractivity contribution in [2.45, 2.75) is 25.7 Å². The second kappa shape index (κ2) is 7.26. The van der Waals surface area contributed by atoms with E-state index in [0.29, 0.717) is 11.9 Å². The van der Waals surface area contributed by atoms with Crippen LogP contribution in [0.5, 0.6) is 0 Å². The Kier molecular flexibility index (Phi) is 4.90. The van der Waals surface area contributed by atoms with Gasteiger partial charge >= 0.3 is 6.01 Å². The van der Waals surface area contributed by atoms with Crippen molar-refractivity contribution in [3.8, 4) is 11.5 Å². The van der Waals surface area contributed by atoms with Crippen LogP contribution in [-0.2, 0) is 0 Å². The average molecular weight is 301 g/mol. The summed E-state index contributed by atoms with van der Waals surface area (Å²) in [6.07, 6.45) is 5.13. The van der Waals surface area contributed by atoms with Crippen molar-refractivity contribution in [1.29, 1.82) is 0 Å². The summed E-state index contributed by atoms with van der Waals surface area (Å²) in [6, 6.07) is 7.88. The number of nitrogens with one attached hydrogen (secondary N) is 1.